The third-order valence-corrected chi connectivity index (χ3v) is 3.50. The molecule has 2 N–H and O–H groups in total. The van der Waals surface area contributed by atoms with E-state index in [9.17, 15) is 18.3 Å². The molecule has 7 heteroatoms. The van der Waals surface area contributed by atoms with E-state index in [4.69, 9.17) is 0 Å². The zero-order valence-electron chi connectivity index (χ0n) is 9.95. The molecule has 0 atom stereocenters. The number of halogens is 3. The van der Waals surface area contributed by atoms with Crippen LogP contribution in [-0.4, -0.2) is 17.1 Å². The van der Waals surface area contributed by atoms with Crippen LogP contribution in [0.5, 0.6) is 5.75 Å². The largest absolute Gasteiger partial charge is 0.508 e. The van der Waals surface area contributed by atoms with Crippen molar-refractivity contribution in [1.82, 2.24) is 10.3 Å². The average Bonchev–Trinajstić information content (AvgIpc) is 2.73. The Morgan fingerprint density at radius 3 is 2.68 bits per heavy atom. The summed E-state index contributed by atoms with van der Waals surface area (Å²) in [7, 11) is 1.58. The van der Waals surface area contributed by atoms with E-state index in [2.05, 4.69) is 10.3 Å². The fourth-order valence-electron chi connectivity index (χ4n) is 1.62. The molecular weight excluding hydrogens is 277 g/mol. The minimum absolute atomic E-state index is 0.00331. The van der Waals surface area contributed by atoms with Gasteiger partial charge in [0, 0.05) is 12.1 Å². The highest BCUT2D eigenvalue weighted by molar-refractivity contribution is 7.15. The number of nitrogens with zero attached hydrogens (tertiary/aromatic N) is 1. The lowest BCUT2D eigenvalue weighted by atomic mass is 10.2. The van der Waals surface area contributed by atoms with Crippen molar-refractivity contribution in [2.24, 2.45) is 0 Å². The van der Waals surface area contributed by atoms with Gasteiger partial charge in [-0.2, -0.15) is 13.2 Å². The second-order valence-corrected chi connectivity index (χ2v) is 4.95. The maximum Gasteiger partial charge on any atom is 0.434 e. The highest BCUT2D eigenvalue weighted by atomic mass is 32.1. The van der Waals surface area contributed by atoms with E-state index in [1.807, 2.05) is 0 Å². The Kier molecular flexibility index (Phi) is 3.77. The number of phenolic OH excluding ortho intramolecular Hbond substituents is 1. The molecule has 0 saturated heterocycles. The number of alkyl halides is 3. The number of phenols is 1. The van der Waals surface area contributed by atoms with Crippen molar-refractivity contribution in [3.05, 3.63) is 34.8 Å². The lowest BCUT2D eigenvalue weighted by Gasteiger charge is -2.04. The number of aromatic nitrogens is 1. The van der Waals surface area contributed by atoms with Gasteiger partial charge in [-0.3, -0.25) is 0 Å². The first-order chi connectivity index (χ1) is 8.91. The Hall–Kier alpha value is -1.60. The molecule has 0 saturated carbocycles. The molecular formula is C12H11F3N2OS. The van der Waals surface area contributed by atoms with Crippen LogP contribution in [0.25, 0.3) is 10.6 Å². The van der Waals surface area contributed by atoms with Gasteiger partial charge >= 0.3 is 6.18 Å². The predicted molar refractivity (Wildman–Crippen MR) is 67.0 cm³/mol. The minimum Gasteiger partial charge on any atom is -0.508 e. The Balaban J connectivity index is 2.48. The zero-order chi connectivity index (χ0) is 14.0. The third-order valence-electron chi connectivity index (χ3n) is 2.40. The van der Waals surface area contributed by atoms with E-state index in [1.165, 1.54) is 12.1 Å². The number of thiazole rings is 1. The van der Waals surface area contributed by atoms with Crippen LogP contribution in [-0.2, 0) is 12.7 Å². The Bertz CT molecular complexity index is 581. The summed E-state index contributed by atoms with van der Waals surface area (Å²) in [5, 5.41) is 12.3. The third kappa shape index (κ3) is 3.05. The van der Waals surface area contributed by atoms with Crippen LogP contribution in [0.15, 0.2) is 24.3 Å². The molecule has 1 heterocycles. The highest BCUT2D eigenvalue weighted by Gasteiger charge is 2.37. The molecule has 19 heavy (non-hydrogen) atoms. The fourth-order valence-corrected chi connectivity index (χ4v) is 2.71. The number of benzene rings is 1. The lowest BCUT2D eigenvalue weighted by Crippen LogP contribution is -2.12. The van der Waals surface area contributed by atoms with Crippen molar-refractivity contribution < 1.29 is 18.3 Å². The second-order valence-electron chi connectivity index (χ2n) is 3.87. The van der Waals surface area contributed by atoms with Gasteiger partial charge in [-0.15, -0.1) is 11.3 Å². The molecule has 102 valence electrons. The summed E-state index contributed by atoms with van der Waals surface area (Å²) in [5.41, 5.74) is -0.400. The van der Waals surface area contributed by atoms with E-state index < -0.39 is 11.9 Å². The molecule has 2 rings (SSSR count). The molecule has 0 fully saturated rings. The van der Waals surface area contributed by atoms with Gasteiger partial charge < -0.3 is 10.4 Å². The van der Waals surface area contributed by atoms with Gasteiger partial charge in [0.15, 0.2) is 5.69 Å². The molecule has 1 aromatic heterocycles. The number of nitrogens with one attached hydrogen (secondary N) is 1. The van der Waals surface area contributed by atoms with E-state index in [0.717, 1.165) is 11.3 Å². The van der Waals surface area contributed by atoms with Gasteiger partial charge in [0.25, 0.3) is 0 Å². The Labute approximate surface area is 111 Å². The maximum absolute atomic E-state index is 12.8. The fraction of sp³-hybridized carbons (Fsp3) is 0.250. The zero-order valence-corrected chi connectivity index (χ0v) is 10.8. The number of hydrogen-bond donors (Lipinski definition) is 2. The van der Waals surface area contributed by atoms with Crippen LogP contribution < -0.4 is 5.32 Å². The van der Waals surface area contributed by atoms with E-state index in [0.29, 0.717) is 5.56 Å². The quantitative estimate of drug-likeness (QED) is 0.911. The molecule has 0 bridgehead atoms. The van der Waals surface area contributed by atoms with Crippen molar-refractivity contribution in [1.29, 1.82) is 0 Å². The van der Waals surface area contributed by atoms with Crippen molar-refractivity contribution in [2.45, 2.75) is 12.7 Å². The van der Waals surface area contributed by atoms with Crippen molar-refractivity contribution in [3.63, 3.8) is 0 Å². The molecule has 0 aliphatic carbocycles. The maximum atomic E-state index is 12.8. The summed E-state index contributed by atoms with van der Waals surface area (Å²) in [5.74, 6) is -0.00331. The molecule has 0 spiro atoms. The monoisotopic (exact) mass is 288 g/mol. The summed E-state index contributed by atoms with van der Waals surface area (Å²) in [4.78, 5) is 3.79. The minimum atomic E-state index is -4.47. The molecule has 0 unspecified atom stereocenters. The summed E-state index contributed by atoms with van der Waals surface area (Å²) in [6, 6.07) is 6.03. The first kappa shape index (κ1) is 13.8. The smallest absolute Gasteiger partial charge is 0.434 e. The Morgan fingerprint density at radius 1 is 1.37 bits per heavy atom. The van der Waals surface area contributed by atoms with Crippen molar-refractivity contribution in [3.8, 4) is 16.3 Å². The van der Waals surface area contributed by atoms with Crippen LogP contribution in [0.2, 0.25) is 0 Å². The van der Waals surface area contributed by atoms with Crippen LogP contribution in [0, 0.1) is 0 Å². The van der Waals surface area contributed by atoms with E-state index in [1.54, 1.807) is 19.2 Å². The molecule has 2 aromatic rings. The number of rotatable bonds is 3. The summed E-state index contributed by atoms with van der Waals surface area (Å²) < 4.78 is 38.5. The average molecular weight is 288 g/mol. The van der Waals surface area contributed by atoms with Crippen LogP contribution >= 0.6 is 11.3 Å². The Morgan fingerprint density at radius 2 is 2.11 bits per heavy atom. The van der Waals surface area contributed by atoms with E-state index in [-0.39, 0.29) is 22.2 Å². The van der Waals surface area contributed by atoms with Gasteiger partial charge in [0.05, 0.1) is 4.88 Å². The first-order valence-corrected chi connectivity index (χ1v) is 6.24. The molecule has 1 aromatic carbocycles. The number of hydrogen-bond acceptors (Lipinski definition) is 4. The first-order valence-electron chi connectivity index (χ1n) is 5.42. The molecule has 0 amide bonds. The highest BCUT2D eigenvalue weighted by Crippen LogP contribution is 2.38. The normalized spacial score (nSPS) is 11.8. The van der Waals surface area contributed by atoms with Crippen LogP contribution in [0.3, 0.4) is 0 Å². The van der Waals surface area contributed by atoms with Gasteiger partial charge in [0.2, 0.25) is 0 Å². The van der Waals surface area contributed by atoms with Crippen molar-refractivity contribution in [2.75, 3.05) is 7.05 Å². The van der Waals surface area contributed by atoms with E-state index >= 15 is 0 Å². The van der Waals surface area contributed by atoms with Gasteiger partial charge in [-0.1, -0.05) is 12.1 Å². The summed E-state index contributed by atoms with van der Waals surface area (Å²) in [6.07, 6.45) is -4.47. The summed E-state index contributed by atoms with van der Waals surface area (Å²) in [6.45, 7) is 0.103. The van der Waals surface area contributed by atoms with Gasteiger partial charge in [0.1, 0.15) is 10.8 Å². The molecule has 3 nitrogen and oxygen atoms in total. The lowest BCUT2D eigenvalue weighted by molar-refractivity contribution is -0.141. The molecule has 0 aliphatic heterocycles. The van der Waals surface area contributed by atoms with Gasteiger partial charge in [-0.05, 0) is 19.2 Å². The second kappa shape index (κ2) is 5.18. The predicted octanol–water partition coefficient (Wildman–Crippen LogP) is 3.25. The van der Waals surface area contributed by atoms with Crippen molar-refractivity contribution >= 4 is 11.3 Å². The number of aromatic hydroxyl groups is 1. The topological polar surface area (TPSA) is 45.1 Å². The SMILES string of the molecule is CNCc1sc(-c2cccc(O)c2)nc1C(F)(F)F. The molecule has 0 aliphatic rings. The van der Waals surface area contributed by atoms with Gasteiger partial charge in [-0.25, -0.2) is 4.98 Å². The van der Waals surface area contributed by atoms with Crippen LogP contribution in [0.4, 0.5) is 13.2 Å². The standard InChI is InChI=1S/C12H11F3N2OS/c1-16-6-9-10(12(13,14)15)17-11(19-9)7-3-2-4-8(18)5-7/h2-5,16,18H,6H2,1H3. The van der Waals surface area contributed by atoms with Crippen LogP contribution in [0.1, 0.15) is 10.6 Å². The summed E-state index contributed by atoms with van der Waals surface area (Å²) >= 11 is 0.968. The molecule has 0 radical (unpaired) electrons.